The van der Waals surface area contributed by atoms with Crippen LogP contribution in [-0.2, 0) is 24.1 Å². The molecule has 19 heavy (non-hydrogen) atoms. The summed E-state index contributed by atoms with van der Waals surface area (Å²) < 4.78 is 0. The van der Waals surface area contributed by atoms with E-state index in [9.17, 15) is 4.79 Å². The number of aromatic nitrogens is 2. The van der Waals surface area contributed by atoms with Gasteiger partial charge in [-0.1, -0.05) is 0 Å². The molecule has 0 fully saturated rings. The van der Waals surface area contributed by atoms with E-state index in [1.165, 1.54) is 29.1 Å². The van der Waals surface area contributed by atoms with Crippen LogP contribution in [0.3, 0.4) is 0 Å². The van der Waals surface area contributed by atoms with Crippen molar-refractivity contribution in [2.45, 2.75) is 32.1 Å². The Morgan fingerprint density at radius 2 is 2.21 bits per heavy atom. The van der Waals surface area contributed by atoms with E-state index in [4.69, 9.17) is 5.73 Å². The van der Waals surface area contributed by atoms with E-state index >= 15 is 0 Å². The number of nitrogens with one attached hydrogen (secondary N) is 1. The summed E-state index contributed by atoms with van der Waals surface area (Å²) in [6.45, 7) is 0. The zero-order valence-electron chi connectivity index (χ0n) is 10.3. The summed E-state index contributed by atoms with van der Waals surface area (Å²) in [5, 5.41) is 5.86. The van der Waals surface area contributed by atoms with Crippen molar-refractivity contribution in [2.24, 2.45) is 0 Å². The molecule has 0 aromatic carbocycles. The van der Waals surface area contributed by atoms with Crippen LogP contribution in [0.1, 0.15) is 29.1 Å². The number of anilines is 2. The highest BCUT2D eigenvalue weighted by atomic mass is 32.1. The monoisotopic (exact) mass is 294 g/mol. The third-order valence-corrected chi connectivity index (χ3v) is 4.80. The molecule has 2 aromatic rings. The Hall–Kier alpha value is -1.47. The number of nitrogen functional groups attached to an aromatic ring is 1. The molecule has 100 valence electrons. The quantitative estimate of drug-likeness (QED) is 0.909. The van der Waals surface area contributed by atoms with Crippen molar-refractivity contribution < 1.29 is 4.79 Å². The molecule has 0 aliphatic heterocycles. The van der Waals surface area contributed by atoms with Gasteiger partial charge in [0.25, 0.3) is 0 Å². The standard InChI is InChI=1S/C12H14N4OS2/c13-11-14-7(6-18-11)5-10(17)16-12-15-8-3-1-2-4-9(8)19-12/h6H,1-5H2,(H2,13,14)(H,15,16,17). The van der Waals surface area contributed by atoms with Crippen LogP contribution in [0.2, 0.25) is 0 Å². The minimum absolute atomic E-state index is 0.0867. The smallest absolute Gasteiger partial charge is 0.232 e. The Morgan fingerprint density at radius 3 is 2.95 bits per heavy atom. The van der Waals surface area contributed by atoms with Crippen LogP contribution in [0.5, 0.6) is 0 Å². The van der Waals surface area contributed by atoms with Gasteiger partial charge in [-0.25, -0.2) is 9.97 Å². The van der Waals surface area contributed by atoms with Crippen molar-refractivity contribution in [1.82, 2.24) is 9.97 Å². The predicted octanol–water partition coefficient (Wildman–Crippen LogP) is 2.24. The molecule has 0 unspecified atom stereocenters. The number of amides is 1. The Labute approximate surface area is 118 Å². The molecule has 0 atom stereocenters. The van der Waals surface area contributed by atoms with Crippen LogP contribution in [0.25, 0.3) is 0 Å². The van der Waals surface area contributed by atoms with Crippen molar-refractivity contribution in [3.05, 3.63) is 21.6 Å². The average Bonchev–Trinajstić information content (AvgIpc) is 2.94. The second-order valence-corrected chi connectivity index (χ2v) is 6.47. The van der Waals surface area contributed by atoms with Gasteiger partial charge in [0.1, 0.15) is 0 Å². The Morgan fingerprint density at radius 1 is 1.37 bits per heavy atom. The summed E-state index contributed by atoms with van der Waals surface area (Å²) in [4.78, 5) is 21.8. The van der Waals surface area contributed by atoms with E-state index in [2.05, 4.69) is 15.3 Å². The van der Waals surface area contributed by atoms with E-state index < -0.39 is 0 Å². The fraction of sp³-hybridized carbons (Fsp3) is 0.417. The van der Waals surface area contributed by atoms with Gasteiger partial charge >= 0.3 is 0 Å². The predicted molar refractivity (Wildman–Crippen MR) is 77.6 cm³/mol. The van der Waals surface area contributed by atoms with Crippen molar-refractivity contribution in [3.63, 3.8) is 0 Å². The van der Waals surface area contributed by atoms with Crippen LogP contribution >= 0.6 is 22.7 Å². The number of nitrogens with zero attached hydrogens (tertiary/aromatic N) is 2. The van der Waals surface area contributed by atoms with Gasteiger partial charge in [-0.05, 0) is 25.7 Å². The minimum atomic E-state index is -0.0867. The molecule has 3 N–H and O–H groups in total. The summed E-state index contributed by atoms with van der Waals surface area (Å²) in [5.74, 6) is -0.0867. The lowest BCUT2D eigenvalue weighted by Crippen LogP contribution is -2.14. The summed E-state index contributed by atoms with van der Waals surface area (Å²) in [5.41, 5.74) is 7.40. The third kappa shape index (κ3) is 2.93. The van der Waals surface area contributed by atoms with E-state index in [0.717, 1.165) is 18.5 Å². The third-order valence-electron chi connectivity index (χ3n) is 3.00. The number of hydrogen-bond donors (Lipinski definition) is 2. The van der Waals surface area contributed by atoms with Crippen molar-refractivity contribution in [2.75, 3.05) is 11.1 Å². The molecular weight excluding hydrogens is 280 g/mol. The van der Waals surface area contributed by atoms with Gasteiger partial charge in [-0.2, -0.15) is 0 Å². The second-order valence-electron chi connectivity index (χ2n) is 4.50. The number of carbonyl (C=O) groups excluding carboxylic acids is 1. The zero-order valence-corrected chi connectivity index (χ0v) is 11.9. The van der Waals surface area contributed by atoms with Gasteiger partial charge in [0.15, 0.2) is 10.3 Å². The molecule has 0 saturated carbocycles. The highest BCUT2D eigenvalue weighted by Gasteiger charge is 2.16. The number of aryl methyl sites for hydroxylation is 2. The van der Waals surface area contributed by atoms with Gasteiger partial charge in [-0.15, -0.1) is 22.7 Å². The summed E-state index contributed by atoms with van der Waals surface area (Å²) in [7, 11) is 0. The normalized spacial score (nSPS) is 14.1. The number of thiazole rings is 2. The topological polar surface area (TPSA) is 80.9 Å². The summed E-state index contributed by atoms with van der Waals surface area (Å²) in [6.07, 6.45) is 4.79. The van der Waals surface area contributed by atoms with Gasteiger partial charge in [0, 0.05) is 10.3 Å². The molecular formula is C12H14N4OS2. The SMILES string of the molecule is Nc1nc(CC(=O)Nc2nc3c(s2)CCCC3)cs1. The molecule has 2 aromatic heterocycles. The first-order valence-electron chi connectivity index (χ1n) is 6.19. The number of rotatable bonds is 3. The van der Waals surface area contributed by atoms with Gasteiger partial charge in [0.2, 0.25) is 5.91 Å². The van der Waals surface area contributed by atoms with Crippen LogP contribution in [0.15, 0.2) is 5.38 Å². The number of fused-ring (bicyclic) bond motifs is 1. The fourth-order valence-electron chi connectivity index (χ4n) is 2.14. The maximum atomic E-state index is 11.9. The largest absolute Gasteiger partial charge is 0.375 e. The van der Waals surface area contributed by atoms with E-state index in [0.29, 0.717) is 16.0 Å². The molecule has 7 heteroatoms. The number of carbonyl (C=O) groups is 1. The van der Waals surface area contributed by atoms with E-state index in [1.807, 2.05) is 5.38 Å². The zero-order chi connectivity index (χ0) is 13.2. The van der Waals surface area contributed by atoms with Crippen LogP contribution in [0.4, 0.5) is 10.3 Å². The molecule has 0 radical (unpaired) electrons. The van der Waals surface area contributed by atoms with Crippen molar-refractivity contribution >= 4 is 38.8 Å². The molecule has 1 amide bonds. The summed E-state index contributed by atoms with van der Waals surface area (Å²) in [6, 6.07) is 0. The summed E-state index contributed by atoms with van der Waals surface area (Å²) >= 11 is 2.94. The fourth-order valence-corrected chi connectivity index (χ4v) is 3.77. The first-order valence-corrected chi connectivity index (χ1v) is 7.88. The molecule has 0 bridgehead atoms. The lowest BCUT2D eigenvalue weighted by Gasteiger charge is -2.06. The van der Waals surface area contributed by atoms with Crippen molar-refractivity contribution in [1.29, 1.82) is 0 Å². The Kier molecular flexibility index (Phi) is 3.48. The van der Waals surface area contributed by atoms with Gasteiger partial charge in [0.05, 0.1) is 17.8 Å². The maximum absolute atomic E-state index is 11.9. The van der Waals surface area contributed by atoms with E-state index in [1.54, 1.807) is 11.3 Å². The Bertz CT molecular complexity index is 581. The molecule has 0 saturated heterocycles. The molecule has 1 aliphatic rings. The lowest BCUT2D eigenvalue weighted by atomic mass is 10.0. The number of hydrogen-bond acceptors (Lipinski definition) is 6. The second kappa shape index (κ2) is 5.26. The van der Waals surface area contributed by atoms with Gasteiger partial charge < -0.3 is 11.1 Å². The van der Waals surface area contributed by atoms with E-state index in [-0.39, 0.29) is 12.3 Å². The van der Waals surface area contributed by atoms with Crippen LogP contribution in [-0.4, -0.2) is 15.9 Å². The maximum Gasteiger partial charge on any atom is 0.232 e. The molecule has 1 aliphatic carbocycles. The minimum Gasteiger partial charge on any atom is -0.375 e. The molecule has 2 heterocycles. The molecule has 3 rings (SSSR count). The first kappa shape index (κ1) is 12.6. The average molecular weight is 294 g/mol. The van der Waals surface area contributed by atoms with Crippen LogP contribution < -0.4 is 11.1 Å². The highest BCUT2D eigenvalue weighted by Crippen LogP contribution is 2.29. The highest BCUT2D eigenvalue weighted by molar-refractivity contribution is 7.16. The Balaban J connectivity index is 1.64. The number of nitrogens with two attached hydrogens (primary N) is 1. The lowest BCUT2D eigenvalue weighted by molar-refractivity contribution is -0.115. The molecule has 5 nitrogen and oxygen atoms in total. The first-order chi connectivity index (χ1) is 9.20. The van der Waals surface area contributed by atoms with Gasteiger partial charge in [-0.3, -0.25) is 4.79 Å². The van der Waals surface area contributed by atoms with Crippen molar-refractivity contribution in [3.8, 4) is 0 Å². The molecule has 0 spiro atoms. The van der Waals surface area contributed by atoms with Crippen LogP contribution in [0, 0.1) is 0 Å².